The van der Waals surface area contributed by atoms with Crippen molar-refractivity contribution in [2.75, 3.05) is 5.32 Å². The molecule has 0 radical (unpaired) electrons. The number of nitrogens with zero attached hydrogens (tertiary/aromatic N) is 2. The number of aryl methyl sites for hydroxylation is 1. The van der Waals surface area contributed by atoms with Gasteiger partial charge in [0, 0.05) is 25.6 Å². The zero-order valence-electron chi connectivity index (χ0n) is 21.1. The summed E-state index contributed by atoms with van der Waals surface area (Å²) >= 11 is 0. The van der Waals surface area contributed by atoms with Gasteiger partial charge in [0.2, 0.25) is 11.8 Å². The minimum Gasteiger partial charge on any atom is -0.480 e. The van der Waals surface area contributed by atoms with E-state index in [2.05, 4.69) is 21.0 Å². The van der Waals surface area contributed by atoms with Gasteiger partial charge in [0.05, 0.1) is 5.69 Å². The van der Waals surface area contributed by atoms with Crippen molar-refractivity contribution in [2.24, 2.45) is 5.92 Å². The standard InChI is InChI=1S/C26H34FN5O5/c1-3-22(33)29-20(26(36)37)15-16-10-11-19(18(27)14-16)30-25(35)23(17-8-6-5-7-9-17)31-24(34)21-12-13-28-32(21)4-2/h10-14,17,20,23H,3-9,15H2,1-2H3,(H,29,33)(H,30,35)(H,31,34)(H,36,37). The Labute approximate surface area is 215 Å². The Kier molecular flexibility index (Phi) is 9.76. The van der Waals surface area contributed by atoms with Crippen LogP contribution in [0.1, 0.15) is 68.4 Å². The van der Waals surface area contributed by atoms with Crippen molar-refractivity contribution in [1.29, 1.82) is 0 Å². The lowest BCUT2D eigenvalue weighted by atomic mass is 9.83. The van der Waals surface area contributed by atoms with Crippen LogP contribution >= 0.6 is 0 Å². The highest BCUT2D eigenvalue weighted by molar-refractivity contribution is 6.00. The summed E-state index contributed by atoms with van der Waals surface area (Å²) < 4.78 is 16.5. The monoisotopic (exact) mass is 515 g/mol. The molecule has 1 fully saturated rings. The molecule has 10 nitrogen and oxygen atoms in total. The molecule has 3 amide bonds. The van der Waals surface area contributed by atoms with Gasteiger partial charge in [-0.05, 0) is 49.4 Å². The molecule has 1 saturated carbocycles. The summed E-state index contributed by atoms with van der Waals surface area (Å²) in [5, 5.41) is 21.3. The number of carbonyl (C=O) groups is 4. The Morgan fingerprint density at radius 3 is 2.46 bits per heavy atom. The molecule has 2 unspecified atom stereocenters. The Bertz CT molecular complexity index is 1130. The first-order valence-electron chi connectivity index (χ1n) is 12.7. The third-order valence-electron chi connectivity index (χ3n) is 6.62. The maximum absolute atomic E-state index is 14.9. The number of halogens is 1. The largest absolute Gasteiger partial charge is 0.480 e. The van der Waals surface area contributed by atoms with Crippen LogP contribution in [0.4, 0.5) is 10.1 Å². The predicted molar refractivity (Wildman–Crippen MR) is 134 cm³/mol. The number of carboxylic acid groups (broad SMARTS) is 1. The van der Waals surface area contributed by atoms with Gasteiger partial charge in [0.1, 0.15) is 23.6 Å². The van der Waals surface area contributed by atoms with E-state index in [1.165, 1.54) is 23.0 Å². The van der Waals surface area contributed by atoms with Gasteiger partial charge in [-0.3, -0.25) is 19.1 Å². The number of hydrogen-bond donors (Lipinski definition) is 4. The summed E-state index contributed by atoms with van der Waals surface area (Å²) in [7, 11) is 0. The number of nitrogens with one attached hydrogen (secondary N) is 3. The zero-order chi connectivity index (χ0) is 26.9. The number of carboxylic acids is 1. The van der Waals surface area contributed by atoms with Gasteiger partial charge in [0.15, 0.2) is 0 Å². The lowest BCUT2D eigenvalue weighted by Gasteiger charge is -2.30. The van der Waals surface area contributed by atoms with E-state index in [1.807, 2.05) is 6.92 Å². The van der Waals surface area contributed by atoms with Crippen LogP contribution in [0, 0.1) is 11.7 Å². The highest BCUT2D eigenvalue weighted by Crippen LogP contribution is 2.28. The average molecular weight is 516 g/mol. The van der Waals surface area contributed by atoms with E-state index in [0.29, 0.717) is 17.8 Å². The average Bonchev–Trinajstić information content (AvgIpc) is 3.37. The molecular formula is C26H34FN5O5. The van der Waals surface area contributed by atoms with Crippen molar-refractivity contribution in [3.05, 3.63) is 47.5 Å². The number of aromatic nitrogens is 2. The van der Waals surface area contributed by atoms with Gasteiger partial charge in [-0.15, -0.1) is 0 Å². The quantitative estimate of drug-likeness (QED) is 0.363. The second kappa shape index (κ2) is 13.0. The number of hydrogen-bond acceptors (Lipinski definition) is 5. The third-order valence-corrected chi connectivity index (χ3v) is 6.62. The highest BCUT2D eigenvalue weighted by Gasteiger charge is 2.32. The Morgan fingerprint density at radius 1 is 1.11 bits per heavy atom. The lowest BCUT2D eigenvalue weighted by Crippen LogP contribution is -2.49. The normalized spacial score (nSPS) is 15.4. The van der Waals surface area contributed by atoms with Gasteiger partial charge < -0.3 is 21.1 Å². The number of aliphatic carboxylic acids is 1. The first kappa shape index (κ1) is 27.8. The number of anilines is 1. The van der Waals surface area contributed by atoms with Crippen LogP contribution in [0.15, 0.2) is 30.5 Å². The third kappa shape index (κ3) is 7.37. The second-order valence-electron chi connectivity index (χ2n) is 9.20. The van der Waals surface area contributed by atoms with Gasteiger partial charge in [-0.25, -0.2) is 9.18 Å². The maximum atomic E-state index is 14.9. The molecule has 0 saturated heterocycles. The summed E-state index contributed by atoms with van der Waals surface area (Å²) in [5.41, 5.74) is 0.617. The van der Waals surface area contributed by atoms with Gasteiger partial charge in [0.25, 0.3) is 5.91 Å². The number of benzene rings is 1. The molecule has 200 valence electrons. The van der Waals surface area contributed by atoms with E-state index in [1.54, 1.807) is 13.0 Å². The fourth-order valence-electron chi connectivity index (χ4n) is 4.59. The van der Waals surface area contributed by atoms with Gasteiger partial charge in [-0.1, -0.05) is 32.3 Å². The van der Waals surface area contributed by atoms with Gasteiger partial charge in [-0.2, -0.15) is 5.10 Å². The number of rotatable bonds is 11. The summed E-state index contributed by atoms with van der Waals surface area (Å²) in [6.45, 7) is 3.96. The molecule has 0 spiro atoms. The Morgan fingerprint density at radius 2 is 1.84 bits per heavy atom. The van der Waals surface area contributed by atoms with Crippen LogP contribution in [0.25, 0.3) is 0 Å². The van der Waals surface area contributed by atoms with Crippen LogP contribution in [-0.4, -0.2) is 50.7 Å². The summed E-state index contributed by atoms with van der Waals surface area (Å²) in [6.07, 6.45) is 6.03. The minimum atomic E-state index is -1.23. The minimum absolute atomic E-state index is 0.0770. The van der Waals surface area contributed by atoms with Crippen molar-refractivity contribution in [3.8, 4) is 0 Å². The van der Waals surface area contributed by atoms with Crippen molar-refractivity contribution >= 4 is 29.4 Å². The molecule has 3 rings (SSSR count). The first-order chi connectivity index (χ1) is 17.7. The molecule has 1 aromatic heterocycles. The van der Waals surface area contributed by atoms with E-state index in [4.69, 9.17) is 0 Å². The maximum Gasteiger partial charge on any atom is 0.326 e. The molecule has 1 aliphatic carbocycles. The molecule has 0 bridgehead atoms. The van der Waals surface area contributed by atoms with Gasteiger partial charge >= 0.3 is 5.97 Å². The fraction of sp³-hybridized carbons (Fsp3) is 0.500. The molecular weight excluding hydrogens is 481 g/mol. The molecule has 4 N–H and O–H groups in total. The van der Waals surface area contributed by atoms with Crippen LogP contribution in [-0.2, 0) is 27.3 Å². The van der Waals surface area contributed by atoms with Crippen LogP contribution < -0.4 is 16.0 Å². The molecule has 1 aromatic carbocycles. The molecule has 2 atom stereocenters. The Balaban J connectivity index is 1.74. The van der Waals surface area contributed by atoms with Crippen molar-refractivity contribution in [3.63, 3.8) is 0 Å². The van der Waals surface area contributed by atoms with Crippen molar-refractivity contribution in [1.82, 2.24) is 20.4 Å². The molecule has 1 aliphatic rings. The van der Waals surface area contributed by atoms with Crippen molar-refractivity contribution < 1.29 is 28.7 Å². The summed E-state index contributed by atoms with van der Waals surface area (Å²) in [6, 6.07) is 3.52. The smallest absolute Gasteiger partial charge is 0.326 e. The summed E-state index contributed by atoms with van der Waals surface area (Å²) in [5.74, 6) is -3.42. The second-order valence-corrected chi connectivity index (χ2v) is 9.20. The van der Waals surface area contributed by atoms with E-state index >= 15 is 0 Å². The van der Waals surface area contributed by atoms with Crippen LogP contribution in [0.2, 0.25) is 0 Å². The molecule has 0 aliphatic heterocycles. The summed E-state index contributed by atoms with van der Waals surface area (Å²) in [4.78, 5) is 49.3. The highest BCUT2D eigenvalue weighted by atomic mass is 19.1. The molecule has 2 aromatic rings. The SMILES string of the molecule is CCC(=O)NC(Cc1ccc(NC(=O)C(NC(=O)c2ccnn2CC)C2CCCCC2)c(F)c1)C(=O)O. The van der Waals surface area contributed by atoms with Crippen LogP contribution in [0.5, 0.6) is 0 Å². The van der Waals surface area contributed by atoms with Crippen LogP contribution in [0.3, 0.4) is 0 Å². The zero-order valence-corrected chi connectivity index (χ0v) is 21.1. The number of amides is 3. The lowest BCUT2D eigenvalue weighted by molar-refractivity contribution is -0.141. The van der Waals surface area contributed by atoms with Crippen molar-refractivity contribution in [2.45, 2.75) is 77.4 Å². The molecule has 37 heavy (non-hydrogen) atoms. The Hall–Kier alpha value is -3.76. The molecule has 11 heteroatoms. The number of carbonyl (C=O) groups excluding carboxylic acids is 3. The van der Waals surface area contributed by atoms with E-state index in [9.17, 15) is 28.7 Å². The molecule has 1 heterocycles. The van der Waals surface area contributed by atoms with E-state index < -0.39 is 41.6 Å². The predicted octanol–water partition coefficient (Wildman–Crippen LogP) is 2.88. The van der Waals surface area contributed by atoms with E-state index in [0.717, 1.165) is 38.2 Å². The fourth-order valence-corrected chi connectivity index (χ4v) is 4.59. The topological polar surface area (TPSA) is 142 Å². The first-order valence-corrected chi connectivity index (χ1v) is 12.7. The van der Waals surface area contributed by atoms with E-state index in [-0.39, 0.29) is 24.4 Å².